The van der Waals surface area contributed by atoms with Gasteiger partial charge in [-0.15, -0.1) is 0 Å². The maximum Gasteiger partial charge on any atom is 0.260 e. The first-order valence-corrected chi connectivity index (χ1v) is 9.56. The molecule has 31 heavy (non-hydrogen) atoms. The zero-order valence-corrected chi connectivity index (χ0v) is 16.4. The number of H-pyrrole nitrogens is 1. The summed E-state index contributed by atoms with van der Waals surface area (Å²) in [6, 6.07) is 15.2. The summed E-state index contributed by atoms with van der Waals surface area (Å²) >= 11 is 6.34. The van der Waals surface area contributed by atoms with Crippen LogP contribution in [0.1, 0.15) is 26.3 Å². The number of aromatic nitrogens is 2. The van der Waals surface area contributed by atoms with Crippen molar-refractivity contribution in [3.8, 4) is 28.5 Å². The van der Waals surface area contributed by atoms with Gasteiger partial charge in [0.2, 0.25) is 0 Å². The van der Waals surface area contributed by atoms with E-state index in [-0.39, 0.29) is 21.6 Å². The zero-order chi connectivity index (χ0) is 21.7. The summed E-state index contributed by atoms with van der Waals surface area (Å²) in [7, 11) is 0. The number of nitrogens with one attached hydrogen (secondary N) is 2. The van der Waals surface area contributed by atoms with Gasteiger partial charge in [0.05, 0.1) is 38.9 Å². The number of halogens is 1. The molecule has 8 heteroatoms. The SMILES string of the molecule is N#Cc1cccc(-c2nc3[nH]ccc(=O)c3cc2-c2cc(Cl)c3c(c2)C(=O)NC3=O)c1. The number of fused-ring (bicyclic) bond motifs is 2. The van der Waals surface area contributed by atoms with E-state index in [1.807, 2.05) is 0 Å². The van der Waals surface area contributed by atoms with Gasteiger partial charge in [-0.25, -0.2) is 4.98 Å². The molecule has 2 N–H and O–H groups in total. The minimum absolute atomic E-state index is 0.120. The monoisotopic (exact) mass is 426 g/mol. The summed E-state index contributed by atoms with van der Waals surface area (Å²) in [6.07, 6.45) is 1.51. The maximum atomic E-state index is 12.4. The van der Waals surface area contributed by atoms with E-state index in [9.17, 15) is 19.6 Å². The molecular weight excluding hydrogens is 416 g/mol. The number of benzene rings is 2. The predicted molar refractivity (Wildman–Crippen MR) is 115 cm³/mol. The van der Waals surface area contributed by atoms with Crippen molar-refractivity contribution in [1.82, 2.24) is 15.3 Å². The summed E-state index contributed by atoms with van der Waals surface area (Å²) in [4.78, 5) is 44.3. The second-order valence-electron chi connectivity index (χ2n) is 6.98. The molecule has 5 rings (SSSR count). The molecule has 7 nitrogen and oxygen atoms in total. The highest BCUT2D eigenvalue weighted by molar-refractivity contribution is 6.37. The molecule has 1 aliphatic heterocycles. The van der Waals surface area contributed by atoms with E-state index < -0.39 is 11.8 Å². The summed E-state index contributed by atoms with van der Waals surface area (Å²) < 4.78 is 0. The molecule has 0 radical (unpaired) electrons. The van der Waals surface area contributed by atoms with Gasteiger partial charge in [0.1, 0.15) is 5.65 Å². The van der Waals surface area contributed by atoms with Gasteiger partial charge in [-0.1, -0.05) is 23.7 Å². The molecule has 2 amide bonds. The smallest absolute Gasteiger partial charge is 0.260 e. The second-order valence-corrected chi connectivity index (χ2v) is 7.39. The number of rotatable bonds is 2. The van der Waals surface area contributed by atoms with Gasteiger partial charge in [-0.05, 0) is 35.9 Å². The Bertz CT molecular complexity index is 1550. The Hall–Kier alpha value is -4.28. The van der Waals surface area contributed by atoms with Gasteiger partial charge < -0.3 is 4.98 Å². The Morgan fingerprint density at radius 1 is 0.935 bits per heavy atom. The summed E-state index contributed by atoms with van der Waals surface area (Å²) in [5.41, 5.74) is 3.09. The molecule has 148 valence electrons. The van der Waals surface area contributed by atoms with E-state index in [0.29, 0.717) is 39.0 Å². The van der Waals surface area contributed by atoms with E-state index in [0.717, 1.165) is 0 Å². The number of hydrogen-bond donors (Lipinski definition) is 2. The van der Waals surface area contributed by atoms with Crippen LogP contribution in [0.3, 0.4) is 0 Å². The molecule has 1 aliphatic rings. The van der Waals surface area contributed by atoms with Crippen LogP contribution in [0.15, 0.2) is 59.5 Å². The minimum Gasteiger partial charge on any atom is -0.346 e. The van der Waals surface area contributed by atoms with Crippen LogP contribution in [-0.4, -0.2) is 21.8 Å². The van der Waals surface area contributed by atoms with Crippen LogP contribution in [0.2, 0.25) is 5.02 Å². The van der Waals surface area contributed by atoms with Crippen LogP contribution in [0.25, 0.3) is 33.4 Å². The Balaban J connectivity index is 1.85. The number of carbonyl (C=O) groups is 2. The van der Waals surface area contributed by atoms with Crippen molar-refractivity contribution in [3.05, 3.63) is 86.7 Å². The Kier molecular flexibility index (Phi) is 4.17. The van der Waals surface area contributed by atoms with Crippen molar-refractivity contribution in [2.24, 2.45) is 0 Å². The van der Waals surface area contributed by atoms with Crippen LogP contribution in [0.5, 0.6) is 0 Å². The Labute approximate surface area is 179 Å². The number of carbonyl (C=O) groups excluding carboxylic acids is 2. The number of hydrogen-bond acceptors (Lipinski definition) is 5. The predicted octanol–water partition coefficient (Wildman–Crippen LogP) is 3.67. The first-order chi connectivity index (χ1) is 15.0. The maximum absolute atomic E-state index is 12.4. The highest BCUT2D eigenvalue weighted by Gasteiger charge is 2.30. The number of pyridine rings is 2. The summed E-state index contributed by atoms with van der Waals surface area (Å²) in [6.45, 7) is 0. The van der Waals surface area contributed by atoms with Crippen LogP contribution in [-0.2, 0) is 0 Å². The minimum atomic E-state index is -0.549. The molecule has 0 fully saturated rings. The van der Waals surface area contributed by atoms with Crippen LogP contribution >= 0.6 is 11.6 Å². The molecule has 0 unspecified atom stereocenters. The molecule has 0 aliphatic carbocycles. The fraction of sp³-hybridized carbons (Fsp3) is 0. The quantitative estimate of drug-likeness (QED) is 0.474. The lowest BCUT2D eigenvalue weighted by atomic mass is 9.94. The molecule has 2 aromatic carbocycles. The average Bonchev–Trinajstić information content (AvgIpc) is 3.07. The van der Waals surface area contributed by atoms with Gasteiger partial charge in [-0.3, -0.25) is 19.7 Å². The third-order valence-corrected chi connectivity index (χ3v) is 5.41. The molecule has 0 spiro atoms. The van der Waals surface area contributed by atoms with Gasteiger partial charge >= 0.3 is 0 Å². The van der Waals surface area contributed by atoms with E-state index >= 15 is 0 Å². The van der Waals surface area contributed by atoms with Crippen molar-refractivity contribution < 1.29 is 9.59 Å². The van der Waals surface area contributed by atoms with Crippen molar-refractivity contribution in [1.29, 1.82) is 5.26 Å². The zero-order valence-electron chi connectivity index (χ0n) is 15.7. The van der Waals surface area contributed by atoms with E-state index in [4.69, 9.17) is 11.6 Å². The standard InChI is InChI=1S/C23H11ClN4O3/c24-17-8-13(7-16-19(17)23(31)28-22(16)30)14-9-15-18(29)4-5-26-21(15)27-20(14)12-3-1-2-11(6-12)10-25/h1-9H,(H,26,27,29)(H,28,30,31). The first kappa shape index (κ1) is 18.7. The van der Waals surface area contributed by atoms with Gasteiger partial charge in [0.25, 0.3) is 11.8 Å². The van der Waals surface area contributed by atoms with Gasteiger partial charge in [0, 0.05) is 23.4 Å². The molecule has 4 aromatic rings. The fourth-order valence-corrected chi connectivity index (χ4v) is 3.98. The van der Waals surface area contributed by atoms with E-state index in [1.165, 1.54) is 12.3 Å². The molecule has 0 atom stereocenters. The van der Waals surface area contributed by atoms with Crippen molar-refractivity contribution >= 4 is 34.4 Å². The molecular formula is C23H11ClN4O3. The molecule has 2 aromatic heterocycles. The van der Waals surface area contributed by atoms with Crippen LogP contribution < -0.4 is 10.7 Å². The lowest BCUT2D eigenvalue weighted by molar-refractivity contribution is 0.0879. The van der Waals surface area contributed by atoms with Gasteiger partial charge in [0.15, 0.2) is 5.43 Å². The highest BCUT2D eigenvalue weighted by Crippen LogP contribution is 2.37. The normalized spacial score (nSPS) is 12.5. The molecule has 0 saturated carbocycles. The van der Waals surface area contributed by atoms with E-state index in [2.05, 4.69) is 21.4 Å². The van der Waals surface area contributed by atoms with Crippen molar-refractivity contribution in [2.45, 2.75) is 0 Å². The lowest BCUT2D eigenvalue weighted by Crippen LogP contribution is -2.20. The molecule has 0 saturated heterocycles. The number of aromatic amines is 1. The van der Waals surface area contributed by atoms with Crippen molar-refractivity contribution in [2.75, 3.05) is 0 Å². The largest absolute Gasteiger partial charge is 0.346 e. The third kappa shape index (κ3) is 2.98. The number of nitriles is 1. The van der Waals surface area contributed by atoms with Gasteiger partial charge in [-0.2, -0.15) is 5.26 Å². The van der Waals surface area contributed by atoms with Crippen LogP contribution in [0, 0.1) is 11.3 Å². The highest BCUT2D eigenvalue weighted by atomic mass is 35.5. The summed E-state index contributed by atoms with van der Waals surface area (Å²) in [5, 5.41) is 12.0. The average molecular weight is 427 g/mol. The Morgan fingerprint density at radius 3 is 2.58 bits per heavy atom. The van der Waals surface area contributed by atoms with E-state index in [1.54, 1.807) is 42.5 Å². The molecule has 0 bridgehead atoms. The Morgan fingerprint density at radius 2 is 1.77 bits per heavy atom. The first-order valence-electron chi connectivity index (χ1n) is 9.19. The van der Waals surface area contributed by atoms with Crippen LogP contribution in [0.4, 0.5) is 0 Å². The number of nitrogens with zero attached hydrogens (tertiary/aromatic N) is 2. The number of amides is 2. The third-order valence-electron chi connectivity index (χ3n) is 5.11. The van der Waals surface area contributed by atoms with Crippen molar-refractivity contribution in [3.63, 3.8) is 0 Å². The number of imide groups is 1. The summed E-state index contributed by atoms with van der Waals surface area (Å²) in [5.74, 6) is -1.09. The molecule has 3 heterocycles. The fourth-order valence-electron chi connectivity index (χ4n) is 3.68. The lowest BCUT2D eigenvalue weighted by Gasteiger charge is -2.13. The second kappa shape index (κ2) is 6.90. The topological polar surface area (TPSA) is 116 Å².